The molecule has 1 saturated heterocycles. The number of halogens is 3. The second-order valence-electron chi connectivity index (χ2n) is 7.26. The summed E-state index contributed by atoms with van der Waals surface area (Å²) < 4.78 is 36.9. The summed E-state index contributed by atoms with van der Waals surface area (Å²) in [5.41, 5.74) is 2.28. The summed E-state index contributed by atoms with van der Waals surface area (Å²) in [6.07, 6.45) is -2.77. The van der Waals surface area contributed by atoms with E-state index in [0.717, 1.165) is 43.6 Å². The number of alkyl halides is 3. The highest BCUT2D eigenvalue weighted by Crippen LogP contribution is 2.15. The van der Waals surface area contributed by atoms with Gasteiger partial charge < -0.3 is 25.0 Å². The topological polar surface area (TPSA) is 82.1 Å². The lowest BCUT2D eigenvalue weighted by Gasteiger charge is -2.30. The van der Waals surface area contributed by atoms with Gasteiger partial charge in [0.05, 0.1) is 6.61 Å². The van der Waals surface area contributed by atoms with Crippen LogP contribution in [0.3, 0.4) is 0 Å². The molecule has 1 aliphatic heterocycles. The first-order chi connectivity index (χ1) is 14.0. The summed E-state index contributed by atoms with van der Waals surface area (Å²) >= 11 is 0. The first-order valence-electron chi connectivity index (χ1n) is 9.58. The van der Waals surface area contributed by atoms with E-state index < -0.39 is 12.1 Å². The van der Waals surface area contributed by atoms with Gasteiger partial charge in [-0.3, -0.25) is 0 Å². The normalized spacial score (nSPS) is 14.5. The first kappa shape index (κ1) is 25.7. The second kappa shape index (κ2) is 12.4. The Balaban J connectivity index is 0.000000553. The molecule has 0 spiro atoms. The van der Waals surface area contributed by atoms with Crippen LogP contribution in [0.5, 0.6) is 0 Å². The molecule has 1 aromatic carbocycles. The molecule has 0 unspecified atom stereocenters. The van der Waals surface area contributed by atoms with Gasteiger partial charge >= 0.3 is 18.2 Å². The molecule has 30 heavy (non-hydrogen) atoms. The van der Waals surface area contributed by atoms with Crippen molar-refractivity contribution in [1.82, 2.24) is 15.1 Å². The van der Waals surface area contributed by atoms with Crippen LogP contribution in [0.2, 0.25) is 0 Å². The molecule has 2 amide bonds. The summed E-state index contributed by atoms with van der Waals surface area (Å²) in [4.78, 5) is 25.0. The van der Waals surface area contributed by atoms with Crippen molar-refractivity contribution in [2.75, 3.05) is 40.8 Å². The molecule has 0 bridgehead atoms. The molecule has 0 aromatic heterocycles. The van der Waals surface area contributed by atoms with Gasteiger partial charge in [-0.15, -0.1) is 0 Å². The van der Waals surface area contributed by atoms with E-state index in [1.807, 2.05) is 19.0 Å². The largest absolute Gasteiger partial charge is 0.490 e. The SMILES string of the molecule is COCc1ccc(CN(C)C(=O)N(C)CC2CCNCC2)cc1.O=C(O)C(F)(F)F. The Bertz CT molecular complexity index is 662. The summed E-state index contributed by atoms with van der Waals surface area (Å²) in [5.74, 6) is -2.14. The Labute approximate surface area is 174 Å². The van der Waals surface area contributed by atoms with Gasteiger partial charge in [0, 0.05) is 34.3 Å². The fraction of sp³-hybridized carbons (Fsp3) is 0.600. The molecule has 2 rings (SSSR count). The molecular formula is C20H30F3N3O4. The molecule has 0 radical (unpaired) electrons. The van der Waals surface area contributed by atoms with Crippen LogP contribution in [0.15, 0.2) is 24.3 Å². The third-order valence-electron chi connectivity index (χ3n) is 4.64. The van der Waals surface area contributed by atoms with Crippen molar-refractivity contribution in [2.45, 2.75) is 32.2 Å². The minimum absolute atomic E-state index is 0.0875. The number of hydrogen-bond acceptors (Lipinski definition) is 4. The lowest BCUT2D eigenvalue weighted by molar-refractivity contribution is -0.192. The van der Waals surface area contributed by atoms with Gasteiger partial charge in [0.25, 0.3) is 0 Å². The van der Waals surface area contributed by atoms with E-state index >= 15 is 0 Å². The van der Waals surface area contributed by atoms with Gasteiger partial charge in [-0.1, -0.05) is 24.3 Å². The molecule has 1 heterocycles. The summed E-state index contributed by atoms with van der Waals surface area (Å²) in [7, 11) is 5.46. The quantitative estimate of drug-likeness (QED) is 0.721. The Morgan fingerprint density at radius 1 is 1.10 bits per heavy atom. The molecule has 1 aromatic rings. The fourth-order valence-electron chi connectivity index (χ4n) is 3.07. The summed E-state index contributed by atoms with van der Waals surface area (Å²) in [6.45, 7) is 4.22. The van der Waals surface area contributed by atoms with Crippen LogP contribution in [0.25, 0.3) is 0 Å². The number of methoxy groups -OCH3 is 1. The number of ether oxygens (including phenoxy) is 1. The highest BCUT2D eigenvalue weighted by atomic mass is 19.4. The molecule has 2 N–H and O–H groups in total. The maximum absolute atomic E-state index is 12.5. The van der Waals surface area contributed by atoms with Crippen LogP contribution in [0.4, 0.5) is 18.0 Å². The van der Waals surface area contributed by atoms with Gasteiger partial charge in [0.15, 0.2) is 0 Å². The minimum atomic E-state index is -5.08. The molecule has 0 aliphatic carbocycles. The molecular weight excluding hydrogens is 403 g/mol. The van der Waals surface area contributed by atoms with Crippen molar-refractivity contribution in [2.24, 2.45) is 5.92 Å². The number of amides is 2. The highest BCUT2D eigenvalue weighted by Gasteiger charge is 2.38. The molecule has 1 aliphatic rings. The Kier molecular flexibility index (Phi) is 10.6. The Morgan fingerprint density at radius 2 is 1.60 bits per heavy atom. The predicted molar refractivity (Wildman–Crippen MR) is 106 cm³/mol. The van der Waals surface area contributed by atoms with Crippen molar-refractivity contribution in [3.05, 3.63) is 35.4 Å². The molecule has 7 nitrogen and oxygen atoms in total. The van der Waals surface area contributed by atoms with E-state index in [-0.39, 0.29) is 6.03 Å². The van der Waals surface area contributed by atoms with Gasteiger partial charge in [0.1, 0.15) is 0 Å². The van der Waals surface area contributed by atoms with Crippen molar-refractivity contribution >= 4 is 12.0 Å². The third-order valence-corrected chi connectivity index (χ3v) is 4.64. The molecule has 170 valence electrons. The standard InChI is InChI=1S/C18H29N3O2.C2HF3O2/c1-20(12-15-4-6-17(7-5-15)14-23-3)18(22)21(2)13-16-8-10-19-11-9-16;3-2(4,5)1(6)7/h4-7,16,19H,8-14H2,1-3H3;(H,6,7). The van der Waals surface area contributed by atoms with E-state index in [2.05, 4.69) is 29.6 Å². The van der Waals surface area contributed by atoms with Crippen molar-refractivity contribution in [1.29, 1.82) is 0 Å². The lowest BCUT2D eigenvalue weighted by Crippen LogP contribution is -2.42. The molecule has 0 saturated carbocycles. The van der Waals surface area contributed by atoms with Gasteiger partial charge in [-0.05, 0) is 43.0 Å². The van der Waals surface area contributed by atoms with E-state index in [1.54, 1.807) is 12.0 Å². The number of carbonyl (C=O) groups is 2. The van der Waals surface area contributed by atoms with Gasteiger partial charge in [0.2, 0.25) is 0 Å². The van der Waals surface area contributed by atoms with E-state index in [9.17, 15) is 18.0 Å². The van der Waals surface area contributed by atoms with Crippen molar-refractivity contribution in [3.8, 4) is 0 Å². The monoisotopic (exact) mass is 433 g/mol. The maximum Gasteiger partial charge on any atom is 0.490 e. The van der Waals surface area contributed by atoms with Crippen LogP contribution >= 0.6 is 0 Å². The maximum atomic E-state index is 12.5. The average Bonchev–Trinajstić information content (AvgIpc) is 2.69. The number of hydrogen-bond donors (Lipinski definition) is 2. The smallest absolute Gasteiger partial charge is 0.475 e. The predicted octanol–water partition coefficient (Wildman–Crippen LogP) is 2.95. The average molecular weight is 433 g/mol. The van der Waals surface area contributed by atoms with Crippen LogP contribution in [-0.4, -0.2) is 73.9 Å². The third kappa shape index (κ3) is 9.45. The number of benzene rings is 1. The summed E-state index contributed by atoms with van der Waals surface area (Å²) in [6, 6.07) is 8.31. The zero-order valence-corrected chi connectivity index (χ0v) is 17.5. The number of piperidine rings is 1. The number of aliphatic carboxylic acids is 1. The minimum Gasteiger partial charge on any atom is -0.475 e. The van der Waals surface area contributed by atoms with Crippen molar-refractivity contribution in [3.63, 3.8) is 0 Å². The number of carboxylic acids is 1. The van der Waals surface area contributed by atoms with Crippen molar-refractivity contribution < 1.29 is 32.6 Å². The molecule has 0 atom stereocenters. The zero-order valence-electron chi connectivity index (χ0n) is 17.5. The van der Waals surface area contributed by atoms with Crippen LogP contribution in [0.1, 0.15) is 24.0 Å². The second-order valence-corrected chi connectivity index (χ2v) is 7.26. The Morgan fingerprint density at radius 3 is 2.07 bits per heavy atom. The molecule has 1 fully saturated rings. The number of carbonyl (C=O) groups excluding carboxylic acids is 1. The van der Waals surface area contributed by atoms with Crippen LogP contribution < -0.4 is 5.32 Å². The number of carboxylic acid groups (broad SMARTS) is 1. The number of nitrogens with one attached hydrogen (secondary N) is 1. The number of urea groups is 1. The van der Waals surface area contributed by atoms with E-state index in [4.69, 9.17) is 14.6 Å². The summed E-state index contributed by atoms with van der Waals surface area (Å²) in [5, 5.41) is 10.5. The van der Waals surface area contributed by atoms with Gasteiger partial charge in [-0.2, -0.15) is 13.2 Å². The van der Waals surface area contributed by atoms with E-state index in [0.29, 0.717) is 19.1 Å². The van der Waals surface area contributed by atoms with Crippen LogP contribution in [0, 0.1) is 5.92 Å². The highest BCUT2D eigenvalue weighted by molar-refractivity contribution is 5.74. The first-order valence-corrected chi connectivity index (χ1v) is 9.58. The fourth-order valence-corrected chi connectivity index (χ4v) is 3.07. The number of nitrogens with zero attached hydrogens (tertiary/aromatic N) is 2. The Hall–Kier alpha value is -2.33. The lowest BCUT2D eigenvalue weighted by atomic mass is 9.98. The van der Waals surface area contributed by atoms with Gasteiger partial charge in [-0.25, -0.2) is 9.59 Å². The zero-order chi connectivity index (χ0) is 22.7. The number of rotatable bonds is 6. The van der Waals surface area contributed by atoms with Crippen LogP contribution in [-0.2, 0) is 22.7 Å². The van der Waals surface area contributed by atoms with E-state index in [1.165, 1.54) is 0 Å². The molecule has 10 heteroatoms.